The predicted octanol–water partition coefficient (Wildman–Crippen LogP) is 2.83. The number of rotatable bonds is 4. The highest BCUT2D eigenvalue weighted by Crippen LogP contribution is 2.23. The van der Waals surface area contributed by atoms with Crippen LogP contribution in [0.25, 0.3) is 0 Å². The first-order valence-electron chi connectivity index (χ1n) is 4.88. The lowest BCUT2D eigenvalue weighted by atomic mass is 9.94. The Kier molecular flexibility index (Phi) is 4.29. The van der Waals surface area contributed by atoms with Gasteiger partial charge in [-0.05, 0) is 47.5 Å². The van der Waals surface area contributed by atoms with Crippen LogP contribution in [0.4, 0.5) is 0 Å². The molecule has 0 N–H and O–H groups in total. The highest BCUT2D eigenvalue weighted by Gasteiger charge is 2.05. The van der Waals surface area contributed by atoms with Crippen LogP contribution in [-0.2, 0) is 11.1 Å². The van der Waals surface area contributed by atoms with E-state index in [0.29, 0.717) is 10.8 Å². The van der Waals surface area contributed by atoms with Crippen LogP contribution in [0.5, 0.6) is 0 Å². The molecule has 1 unspecified atom stereocenters. The molecule has 2 nitrogen and oxygen atoms in total. The summed E-state index contributed by atoms with van der Waals surface area (Å²) in [5, 5.41) is 0. The van der Waals surface area contributed by atoms with Crippen molar-refractivity contribution in [1.82, 2.24) is 0 Å². The third-order valence-electron chi connectivity index (χ3n) is 2.53. The smallest absolute Gasteiger partial charge is 0.0248 e. The molecule has 14 heavy (non-hydrogen) atoms. The van der Waals surface area contributed by atoms with E-state index in [4.69, 9.17) is 0 Å². The van der Waals surface area contributed by atoms with Crippen LogP contribution < -0.4 is 0 Å². The molecule has 0 saturated heterocycles. The van der Waals surface area contributed by atoms with Gasteiger partial charge in [0.2, 0.25) is 0 Å². The fraction of sp³-hybridized carbons (Fsp3) is 0.455. The maximum atomic E-state index is 10.6. The fourth-order valence-corrected chi connectivity index (χ4v) is 1.97. The normalized spacial score (nSPS) is 13.1. The molecule has 0 heterocycles. The summed E-state index contributed by atoms with van der Waals surface area (Å²) in [5.74, 6) is 0.545. The van der Waals surface area contributed by atoms with Crippen molar-refractivity contribution in [2.75, 3.05) is 0 Å². The minimum Gasteiger partial charge on any atom is -0.768 e. The lowest BCUT2D eigenvalue weighted by molar-refractivity contribution is 0.537. The molecular formula is C11H15O2S-. The lowest BCUT2D eigenvalue weighted by Crippen LogP contribution is -1.96. The molecule has 1 atom stereocenters. The molecule has 1 rings (SSSR count). The summed E-state index contributed by atoms with van der Waals surface area (Å²) < 4.78 is 21.2. The van der Waals surface area contributed by atoms with Gasteiger partial charge in [-0.3, -0.25) is 4.21 Å². The molecule has 0 saturated carbocycles. The van der Waals surface area contributed by atoms with Crippen molar-refractivity contribution in [3.8, 4) is 0 Å². The third-order valence-corrected chi connectivity index (χ3v) is 3.19. The van der Waals surface area contributed by atoms with Crippen molar-refractivity contribution in [2.45, 2.75) is 37.5 Å². The van der Waals surface area contributed by atoms with Gasteiger partial charge in [-0.25, -0.2) is 0 Å². The molecule has 0 spiro atoms. The number of benzene rings is 1. The molecule has 0 aliphatic carbocycles. The highest BCUT2D eigenvalue weighted by molar-refractivity contribution is 7.79. The van der Waals surface area contributed by atoms with Crippen LogP contribution in [-0.4, -0.2) is 8.76 Å². The van der Waals surface area contributed by atoms with E-state index in [1.165, 1.54) is 5.56 Å². The Morgan fingerprint density at radius 1 is 1.21 bits per heavy atom. The topological polar surface area (TPSA) is 40.1 Å². The first-order chi connectivity index (χ1) is 6.69. The van der Waals surface area contributed by atoms with Gasteiger partial charge in [0.05, 0.1) is 0 Å². The average molecular weight is 211 g/mol. The summed E-state index contributed by atoms with van der Waals surface area (Å²) in [6.07, 6.45) is 2.19. The Labute approximate surface area is 87.6 Å². The second kappa shape index (κ2) is 5.27. The van der Waals surface area contributed by atoms with Gasteiger partial charge in [-0.1, -0.05) is 26.0 Å². The summed E-state index contributed by atoms with van der Waals surface area (Å²) in [5.41, 5.74) is 1.23. The first kappa shape index (κ1) is 11.4. The van der Waals surface area contributed by atoms with Gasteiger partial charge in [0.15, 0.2) is 0 Å². The van der Waals surface area contributed by atoms with E-state index >= 15 is 0 Å². The monoisotopic (exact) mass is 211 g/mol. The van der Waals surface area contributed by atoms with Gasteiger partial charge in [0.25, 0.3) is 0 Å². The van der Waals surface area contributed by atoms with Gasteiger partial charge in [0, 0.05) is 4.90 Å². The van der Waals surface area contributed by atoms with Crippen LogP contribution in [0.2, 0.25) is 0 Å². The van der Waals surface area contributed by atoms with Crippen LogP contribution in [0.15, 0.2) is 29.2 Å². The Hall–Kier alpha value is -0.670. The molecule has 0 radical (unpaired) electrons. The van der Waals surface area contributed by atoms with E-state index in [-0.39, 0.29) is 0 Å². The lowest BCUT2D eigenvalue weighted by Gasteiger charge is -2.13. The zero-order valence-electron chi connectivity index (χ0n) is 8.53. The van der Waals surface area contributed by atoms with Crippen LogP contribution in [0, 0.1) is 0 Å². The standard InChI is InChI=1S/C11H16O2S/c1-3-9(4-2)10-5-7-11(8-6-10)14(12)13/h5-9H,3-4H2,1-2H3,(H,12,13)/p-1. The summed E-state index contributed by atoms with van der Waals surface area (Å²) in [6, 6.07) is 7.14. The molecule has 0 aromatic heterocycles. The molecule has 1 aromatic carbocycles. The van der Waals surface area contributed by atoms with Crippen molar-refractivity contribution in [2.24, 2.45) is 0 Å². The summed E-state index contributed by atoms with van der Waals surface area (Å²) in [7, 11) is 0. The Morgan fingerprint density at radius 3 is 2.07 bits per heavy atom. The zero-order valence-corrected chi connectivity index (χ0v) is 9.34. The van der Waals surface area contributed by atoms with E-state index in [2.05, 4.69) is 13.8 Å². The van der Waals surface area contributed by atoms with E-state index in [0.717, 1.165) is 12.8 Å². The average Bonchev–Trinajstić information content (AvgIpc) is 2.20. The molecule has 1 aromatic rings. The second-order valence-corrected chi connectivity index (χ2v) is 4.26. The second-order valence-electron chi connectivity index (χ2n) is 3.32. The molecule has 78 valence electrons. The molecule has 0 bridgehead atoms. The van der Waals surface area contributed by atoms with Gasteiger partial charge in [-0.2, -0.15) is 0 Å². The molecule has 0 amide bonds. The summed E-state index contributed by atoms with van der Waals surface area (Å²) in [6.45, 7) is 4.29. The first-order valence-corrected chi connectivity index (χ1v) is 5.95. The number of hydrogen-bond donors (Lipinski definition) is 0. The van der Waals surface area contributed by atoms with E-state index < -0.39 is 11.1 Å². The van der Waals surface area contributed by atoms with Gasteiger partial charge in [0.1, 0.15) is 0 Å². The van der Waals surface area contributed by atoms with Crippen molar-refractivity contribution in [3.63, 3.8) is 0 Å². The predicted molar refractivity (Wildman–Crippen MR) is 57.0 cm³/mol. The molecular weight excluding hydrogens is 196 g/mol. The van der Waals surface area contributed by atoms with E-state index in [1.54, 1.807) is 12.1 Å². The van der Waals surface area contributed by atoms with Gasteiger partial charge < -0.3 is 4.55 Å². The maximum absolute atomic E-state index is 10.6. The van der Waals surface area contributed by atoms with Gasteiger partial charge >= 0.3 is 0 Å². The maximum Gasteiger partial charge on any atom is 0.0248 e. The SMILES string of the molecule is CCC(CC)c1ccc(S(=O)[O-])cc1. The van der Waals surface area contributed by atoms with Crippen LogP contribution in [0.1, 0.15) is 38.2 Å². The van der Waals surface area contributed by atoms with Crippen molar-refractivity contribution < 1.29 is 8.76 Å². The van der Waals surface area contributed by atoms with E-state index in [1.807, 2.05) is 12.1 Å². The highest BCUT2D eigenvalue weighted by atomic mass is 32.2. The van der Waals surface area contributed by atoms with Gasteiger partial charge in [-0.15, -0.1) is 0 Å². The molecule has 0 aliphatic rings. The van der Waals surface area contributed by atoms with Crippen LogP contribution >= 0.6 is 0 Å². The quantitative estimate of drug-likeness (QED) is 0.718. The van der Waals surface area contributed by atoms with Crippen molar-refractivity contribution in [1.29, 1.82) is 0 Å². The molecule has 3 heteroatoms. The van der Waals surface area contributed by atoms with E-state index in [9.17, 15) is 8.76 Å². The Balaban J connectivity index is 2.87. The van der Waals surface area contributed by atoms with Crippen LogP contribution in [0.3, 0.4) is 0 Å². The Bertz CT molecular complexity index is 302. The Morgan fingerprint density at radius 2 is 1.71 bits per heavy atom. The minimum absolute atomic E-state index is 0.361. The largest absolute Gasteiger partial charge is 0.768 e. The molecule has 0 aliphatic heterocycles. The summed E-state index contributed by atoms with van der Waals surface area (Å²) in [4.78, 5) is 0.361. The minimum atomic E-state index is -2.10. The van der Waals surface area contributed by atoms with Crippen molar-refractivity contribution in [3.05, 3.63) is 29.8 Å². The molecule has 0 fully saturated rings. The van der Waals surface area contributed by atoms with Crippen molar-refractivity contribution >= 4 is 11.1 Å². The fourth-order valence-electron chi connectivity index (χ4n) is 1.61. The zero-order chi connectivity index (χ0) is 10.6. The number of hydrogen-bond acceptors (Lipinski definition) is 2. The summed E-state index contributed by atoms with van der Waals surface area (Å²) >= 11 is -2.10. The third kappa shape index (κ3) is 2.66.